The SMILES string of the molecule is CCCCN1C(=O)C(=O)/C(=C(/O)c2ccc(C)cc2)[C@@H]1c1ccc(Cl)cc1. The van der Waals surface area contributed by atoms with E-state index >= 15 is 0 Å². The van der Waals surface area contributed by atoms with Gasteiger partial charge in [0.1, 0.15) is 5.76 Å². The summed E-state index contributed by atoms with van der Waals surface area (Å²) < 4.78 is 0. The van der Waals surface area contributed by atoms with Crippen molar-refractivity contribution in [1.82, 2.24) is 4.90 Å². The van der Waals surface area contributed by atoms with E-state index in [1.54, 1.807) is 41.3 Å². The van der Waals surface area contributed by atoms with Crippen molar-refractivity contribution in [3.05, 3.63) is 75.8 Å². The summed E-state index contributed by atoms with van der Waals surface area (Å²) in [6, 6.07) is 13.6. The van der Waals surface area contributed by atoms with Crippen molar-refractivity contribution in [3.8, 4) is 0 Å². The molecule has 1 aliphatic heterocycles. The van der Waals surface area contributed by atoms with Crippen molar-refractivity contribution in [2.75, 3.05) is 6.54 Å². The second kappa shape index (κ2) is 7.97. The molecule has 1 saturated heterocycles. The molecule has 0 aromatic heterocycles. The van der Waals surface area contributed by atoms with E-state index in [9.17, 15) is 14.7 Å². The van der Waals surface area contributed by atoms with Gasteiger partial charge in [0.2, 0.25) is 0 Å². The molecule has 1 atom stereocenters. The van der Waals surface area contributed by atoms with Crippen LogP contribution in [0.3, 0.4) is 0 Å². The van der Waals surface area contributed by atoms with Gasteiger partial charge in [-0.3, -0.25) is 9.59 Å². The lowest BCUT2D eigenvalue weighted by Gasteiger charge is -2.25. The lowest BCUT2D eigenvalue weighted by Crippen LogP contribution is -2.30. The molecule has 2 aromatic rings. The highest BCUT2D eigenvalue weighted by atomic mass is 35.5. The third-order valence-electron chi connectivity index (χ3n) is 4.80. The van der Waals surface area contributed by atoms with Gasteiger partial charge in [0.05, 0.1) is 11.6 Å². The van der Waals surface area contributed by atoms with Gasteiger partial charge in [-0.15, -0.1) is 0 Å². The number of aliphatic hydroxyl groups excluding tert-OH is 1. The zero-order chi connectivity index (χ0) is 19.6. The largest absolute Gasteiger partial charge is 0.507 e. The molecule has 2 aromatic carbocycles. The van der Waals surface area contributed by atoms with Gasteiger partial charge >= 0.3 is 0 Å². The van der Waals surface area contributed by atoms with E-state index in [2.05, 4.69) is 0 Å². The van der Waals surface area contributed by atoms with E-state index in [4.69, 9.17) is 11.6 Å². The van der Waals surface area contributed by atoms with Gasteiger partial charge in [0, 0.05) is 17.1 Å². The molecule has 4 nitrogen and oxygen atoms in total. The number of carbonyl (C=O) groups excluding carboxylic acids is 2. The van der Waals surface area contributed by atoms with Crippen LogP contribution in [-0.4, -0.2) is 28.2 Å². The molecule has 1 aliphatic rings. The van der Waals surface area contributed by atoms with E-state index in [0.717, 1.165) is 24.0 Å². The molecule has 3 rings (SSSR count). The van der Waals surface area contributed by atoms with Crippen molar-refractivity contribution >= 4 is 29.1 Å². The highest BCUT2D eigenvalue weighted by molar-refractivity contribution is 6.46. The fraction of sp³-hybridized carbons (Fsp3) is 0.273. The Morgan fingerprint density at radius 3 is 2.30 bits per heavy atom. The monoisotopic (exact) mass is 383 g/mol. The Hall–Kier alpha value is -2.59. The number of halogens is 1. The number of benzene rings is 2. The molecule has 0 bridgehead atoms. The first-order valence-corrected chi connectivity index (χ1v) is 9.42. The van der Waals surface area contributed by atoms with E-state index in [1.165, 1.54) is 0 Å². The van der Waals surface area contributed by atoms with Crippen molar-refractivity contribution in [1.29, 1.82) is 0 Å². The van der Waals surface area contributed by atoms with Crippen LogP contribution in [0.4, 0.5) is 0 Å². The van der Waals surface area contributed by atoms with Crippen LogP contribution >= 0.6 is 11.6 Å². The van der Waals surface area contributed by atoms with Crippen LogP contribution in [0.5, 0.6) is 0 Å². The van der Waals surface area contributed by atoms with E-state index in [-0.39, 0.29) is 11.3 Å². The minimum Gasteiger partial charge on any atom is -0.507 e. The zero-order valence-electron chi connectivity index (χ0n) is 15.4. The maximum absolute atomic E-state index is 12.8. The normalized spacial score (nSPS) is 18.9. The smallest absolute Gasteiger partial charge is 0.295 e. The average molecular weight is 384 g/mol. The summed E-state index contributed by atoms with van der Waals surface area (Å²) in [7, 11) is 0. The Balaban J connectivity index is 2.14. The number of ketones is 1. The van der Waals surface area contributed by atoms with E-state index in [1.807, 2.05) is 26.0 Å². The Morgan fingerprint density at radius 1 is 1.07 bits per heavy atom. The van der Waals surface area contributed by atoms with Crippen LogP contribution in [0, 0.1) is 6.92 Å². The number of Topliss-reactive ketones (excluding diaryl/α,β-unsaturated/α-hetero) is 1. The van der Waals surface area contributed by atoms with Crippen LogP contribution in [0.1, 0.15) is 42.5 Å². The molecule has 0 aliphatic carbocycles. The third kappa shape index (κ3) is 3.76. The number of rotatable bonds is 5. The molecule has 1 fully saturated rings. The molecule has 1 heterocycles. The Morgan fingerprint density at radius 2 is 1.70 bits per heavy atom. The first kappa shape index (κ1) is 19.2. The number of nitrogens with zero attached hydrogens (tertiary/aromatic N) is 1. The lowest BCUT2D eigenvalue weighted by atomic mass is 9.95. The van der Waals surface area contributed by atoms with Crippen LogP contribution < -0.4 is 0 Å². The first-order valence-electron chi connectivity index (χ1n) is 9.05. The Kier molecular flexibility index (Phi) is 5.66. The number of hydrogen-bond donors (Lipinski definition) is 1. The fourth-order valence-corrected chi connectivity index (χ4v) is 3.42. The van der Waals surface area contributed by atoms with Crippen LogP contribution in [0.25, 0.3) is 5.76 Å². The zero-order valence-corrected chi connectivity index (χ0v) is 16.2. The Labute approximate surface area is 164 Å². The van der Waals surface area contributed by atoms with Crippen LogP contribution in [0.2, 0.25) is 5.02 Å². The molecular formula is C22H22ClNO3. The van der Waals surface area contributed by atoms with Gasteiger partial charge < -0.3 is 10.0 Å². The minimum atomic E-state index is -0.649. The number of hydrogen-bond acceptors (Lipinski definition) is 3. The quantitative estimate of drug-likeness (QED) is 0.455. The topological polar surface area (TPSA) is 57.6 Å². The van der Waals surface area contributed by atoms with Crippen molar-refractivity contribution in [2.24, 2.45) is 0 Å². The summed E-state index contributed by atoms with van der Waals surface area (Å²) in [6.07, 6.45) is 1.68. The van der Waals surface area contributed by atoms with Gasteiger partial charge in [0.15, 0.2) is 0 Å². The van der Waals surface area contributed by atoms with Crippen LogP contribution in [0.15, 0.2) is 54.1 Å². The molecule has 0 spiro atoms. The molecule has 1 N–H and O–H groups in total. The maximum Gasteiger partial charge on any atom is 0.295 e. The standard InChI is InChI=1S/C22H22ClNO3/c1-3-4-13-24-19(15-9-11-17(23)12-10-15)18(21(26)22(24)27)20(25)16-7-5-14(2)6-8-16/h5-12,19,25H,3-4,13H2,1-2H3/b20-18+/t19-/m0/s1. The van der Waals surface area contributed by atoms with E-state index < -0.39 is 17.7 Å². The number of amides is 1. The number of aryl methyl sites for hydroxylation is 1. The Bertz CT molecular complexity index is 885. The van der Waals surface area contributed by atoms with E-state index in [0.29, 0.717) is 17.1 Å². The molecule has 5 heteroatoms. The maximum atomic E-state index is 12.8. The summed E-state index contributed by atoms with van der Waals surface area (Å²) in [5.74, 6) is -1.37. The molecule has 1 amide bonds. The van der Waals surface area contributed by atoms with Crippen molar-refractivity contribution in [2.45, 2.75) is 32.7 Å². The highest BCUT2D eigenvalue weighted by Gasteiger charge is 2.45. The predicted octanol–water partition coefficient (Wildman–Crippen LogP) is 4.87. The average Bonchev–Trinajstić information content (AvgIpc) is 2.91. The molecular weight excluding hydrogens is 362 g/mol. The summed E-state index contributed by atoms with van der Waals surface area (Å²) in [6.45, 7) is 4.43. The van der Waals surface area contributed by atoms with Crippen molar-refractivity contribution in [3.63, 3.8) is 0 Å². The molecule has 140 valence electrons. The first-order chi connectivity index (χ1) is 12.9. The second-order valence-corrected chi connectivity index (χ2v) is 7.20. The van der Waals surface area contributed by atoms with Gasteiger partial charge in [-0.25, -0.2) is 0 Å². The molecule has 27 heavy (non-hydrogen) atoms. The molecule has 0 saturated carbocycles. The minimum absolute atomic E-state index is 0.127. The summed E-state index contributed by atoms with van der Waals surface area (Å²) in [4.78, 5) is 27.0. The van der Waals surface area contributed by atoms with Gasteiger partial charge in [-0.1, -0.05) is 66.9 Å². The fourth-order valence-electron chi connectivity index (χ4n) is 3.30. The summed E-state index contributed by atoms with van der Waals surface area (Å²) in [5, 5.41) is 11.5. The lowest BCUT2D eigenvalue weighted by molar-refractivity contribution is -0.139. The van der Waals surface area contributed by atoms with Gasteiger partial charge in [0.25, 0.3) is 11.7 Å². The molecule has 0 unspecified atom stereocenters. The van der Waals surface area contributed by atoms with Crippen molar-refractivity contribution < 1.29 is 14.7 Å². The number of likely N-dealkylation sites (tertiary alicyclic amines) is 1. The highest BCUT2D eigenvalue weighted by Crippen LogP contribution is 2.39. The second-order valence-electron chi connectivity index (χ2n) is 6.76. The number of aliphatic hydroxyl groups is 1. The summed E-state index contributed by atoms with van der Waals surface area (Å²) >= 11 is 6.00. The number of unbranched alkanes of at least 4 members (excludes halogenated alkanes) is 1. The summed E-state index contributed by atoms with van der Waals surface area (Å²) in [5.41, 5.74) is 2.45. The number of carbonyl (C=O) groups is 2. The molecule has 0 radical (unpaired) electrons. The third-order valence-corrected chi connectivity index (χ3v) is 5.06. The predicted molar refractivity (Wildman–Crippen MR) is 107 cm³/mol. The van der Waals surface area contributed by atoms with Crippen LogP contribution in [-0.2, 0) is 9.59 Å². The van der Waals surface area contributed by atoms with Gasteiger partial charge in [-0.05, 0) is 31.0 Å². The van der Waals surface area contributed by atoms with Gasteiger partial charge in [-0.2, -0.15) is 0 Å².